The summed E-state index contributed by atoms with van der Waals surface area (Å²) in [7, 11) is 0. The molecule has 1 aromatic rings. The summed E-state index contributed by atoms with van der Waals surface area (Å²) in [6.45, 7) is 4.94. The number of hydrogen-bond donors (Lipinski definition) is 3. The molecular weight excluding hydrogens is 376 g/mol. The number of nitrogens with two attached hydrogens (primary N) is 1. The third-order valence-corrected chi connectivity index (χ3v) is 3.80. The van der Waals surface area contributed by atoms with Crippen molar-refractivity contribution in [3.8, 4) is 0 Å². The molecule has 0 aliphatic heterocycles. The molecule has 4 N–H and O–H groups in total. The molecule has 0 aliphatic carbocycles. The van der Waals surface area contributed by atoms with Gasteiger partial charge >= 0.3 is 18.0 Å². The monoisotopic (exact) mass is 400 g/mol. The van der Waals surface area contributed by atoms with Gasteiger partial charge in [0.2, 0.25) is 11.1 Å². The zero-order valence-electron chi connectivity index (χ0n) is 15.5. The molecule has 0 bridgehead atoms. The van der Waals surface area contributed by atoms with Gasteiger partial charge in [-0.15, -0.1) is 0 Å². The second-order valence-corrected chi connectivity index (χ2v) is 7.26. The molecule has 1 unspecified atom stereocenters. The molecule has 0 radical (unpaired) electrons. The second-order valence-electron chi connectivity index (χ2n) is 6.86. The van der Waals surface area contributed by atoms with Crippen LogP contribution in [0.4, 0.5) is 4.79 Å². The lowest BCUT2D eigenvalue weighted by atomic mass is 9.93. The third kappa shape index (κ3) is 6.73. The predicted octanol–water partition coefficient (Wildman–Crippen LogP) is 2.55. The predicted molar refractivity (Wildman–Crippen MR) is 99.2 cm³/mol. The zero-order chi connectivity index (χ0) is 20.7. The van der Waals surface area contributed by atoms with Crippen molar-refractivity contribution in [2.24, 2.45) is 5.73 Å². The van der Waals surface area contributed by atoms with Crippen LogP contribution in [0.1, 0.15) is 44.7 Å². The molecule has 2 atom stereocenters. The summed E-state index contributed by atoms with van der Waals surface area (Å²) in [6, 6.07) is 8.37. The lowest BCUT2D eigenvalue weighted by Crippen LogP contribution is -2.61. The van der Waals surface area contributed by atoms with Crippen LogP contribution in [-0.4, -0.2) is 40.8 Å². The fraction of sp³-hybridized carbons (Fsp3) is 0.500. The van der Waals surface area contributed by atoms with E-state index in [9.17, 15) is 19.5 Å². The summed E-state index contributed by atoms with van der Waals surface area (Å²) in [4.78, 5) is 36.8. The normalized spacial score (nSPS) is 14.6. The number of carbonyl (C=O) groups is 3. The first kappa shape index (κ1) is 22.7. The van der Waals surface area contributed by atoms with Crippen LogP contribution in [0.5, 0.6) is 0 Å². The number of amides is 1. The van der Waals surface area contributed by atoms with Gasteiger partial charge in [0.15, 0.2) is 0 Å². The summed E-state index contributed by atoms with van der Waals surface area (Å²) in [6.07, 6.45) is -1.20. The van der Waals surface area contributed by atoms with Crippen LogP contribution >= 0.6 is 11.6 Å². The van der Waals surface area contributed by atoms with Crippen molar-refractivity contribution in [1.29, 1.82) is 0 Å². The standard InChI is InChI=1S/C18H25ClN2O6/c1-17(2,3)27-16(25)21-18(14(22)23,10-7-11-20)15(24)26-13(19)12-8-5-4-6-9-12/h4-6,8-9,13H,7,10-11,20H2,1-3H3,(H,21,25)(H,22,23)/t13?,18-/m0/s1. The highest BCUT2D eigenvalue weighted by Gasteiger charge is 2.50. The summed E-state index contributed by atoms with van der Waals surface area (Å²) < 4.78 is 10.2. The first-order valence-corrected chi connectivity index (χ1v) is 8.80. The minimum absolute atomic E-state index is 0.112. The Morgan fingerprint density at radius 2 is 1.81 bits per heavy atom. The van der Waals surface area contributed by atoms with Crippen molar-refractivity contribution in [3.63, 3.8) is 0 Å². The van der Waals surface area contributed by atoms with Gasteiger partial charge < -0.3 is 20.3 Å². The number of carboxylic acid groups (broad SMARTS) is 1. The minimum atomic E-state index is -2.37. The van der Waals surface area contributed by atoms with Crippen molar-refractivity contribution in [3.05, 3.63) is 35.9 Å². The molecule has 1 amide bonds. The quantitative estimate of drug-likeness (QED) is 0.347. The Morgan fingerprint density at radius 1 is 1.22 bits per heavy atom. The molecule has 1 rings (SSSR count). The smallest absolute Gasteiger partial charge is 0.409 e. The summed E-state index contributed by atoms with van der Waals surface area (Å²) >= 11 is 6.08. The Balaban J connectivity index is 3.09. The number of ether oxygens (including phenoxy) is 2. The van der Waals surface area contributed by atoms with Crippen LogP contribution in [0, 0.1) is 0 Å². The van der Waals surface area contributed by atoms with E-state index in [0.29, 0.717) is 5.56 Å². The van der Waals surface area contributed by atoms with Crippen molar-refractivity contribution < 1.29 is 29.0 Å². The van der Waals surface area contributed by atoms with Gasteiger partial charge in [-0.3, -0.25) is 5.32 Å². The summed E-state index contributed by atoms with van der Waals surface area (Å²) in [5.74, 6) is -2.80. The Morgan fingerprint density at radius 3 is 2.30 bits per heavy atom. The van der Waals surface area contributed by atoms with Gasteiger partial charge in [-0.1, -0.05) is 41.9 Å². The number of halogens is 1. The molecule has 27 heavy (non-hydrogen) atoms. The lowest BCUT2D eigenvalue weighted by Gasteiger charge is -2.30. The highest BCUT2D eigenvalue weighted by Crippen LogP contribution is 2.26. The van der Waals surface area contributed by atoms with Gasteiger partial charge in [-0.25, -0.2) is 14.4 Å². The summed E-state index contributed by atoms with van der Waals surface area (Å²) in [5.41, 5.74) is 1.43. The van der Waals surface area contributed by atoms with E-state index in [-0.39, 0.29) is 19.4 Å². The van der Waals surface area contributed by atoms with E-state index in [0.717, 1.165) is 0 Å². The molecule has 1 aromatic carbocycles. The van der Waals surface area contributed by atoms with Gasteiger partial charge in [0.05, 0.1) is 0 Å². The molecule has 150 valence electrons. The molecule has 0 saturated heterocycles. The van der Waals surface area contributed by atoms with Crippen LogP contribution in [0.3, 0.4) is 0 Å². The van der Waals surface area contributed by atoms with E-state index in [1.165, 1.54) is 0 Å². The average Bonchev–Trinajstić information content (AvgIpc) is 2.57. The second kappa shape index (κ2) is 9.57. The molecule has 0 aliphatic rings. The SMILES string of the molecule is CC(C)(C)OC(=O)N[C@@](CCCN)(C(=O)O)C(=O)OC(Cl)c1ccccc1. The maximum absolute atomic E-state index is 12.7. The highest BCUT2D eigenvalue weighted by molar-refractivity contribution is 6.21. The minimum Gasteiger partial charge on any atom is -0.479 e. The Hall–Kier alpha value is -2.32. The van der Waals surface area contributed by atoms with Crippen molar-refractivity contribution in [2.45, 2.75) is 50.3 Å². The number of nitrogens with one attached hydrogen (secondary N) is 1. The van der Waals surface area contributed by atoms with E-state index >= 15 is 0 Å². The molecule has 0 aromatic heterocycles. The van der Waals surface area contributed by atoms with E-state index in [2.05, 4.69) is 5.32 Å². The topological polar surface area (TPSA) is 128 Å². The fourth-order valence-electron chi connectivity index (χ4n) is 2.18. The van der Waals surface area contributed by atoms with Gasteiger partial charge in [0, 0.05) is 5.56 Å². The van der Waals surface area contributed by atoms with Gasteiger partial charge in [-0.05, 0) is 40.2 Å². The highest BCUT2D eigenvalue weighted by atomic mass is 35.5. The molecule has 0 heterocycles. The number of rotatable bonds is 8. The van der Waals surface area contributed by atoms with Crippen molar-refractivity contribution in [2.75, 3.05) is 6.54 Å². The van der Waals surface area contributed by atoms with Crippen LogP contribution in [-0.2, 0) is 19.1 Å². The molecule has 9 heteroatoms. The third-order valence-electron chi connectivity index (χ3n) is 3.46. The fourth-order valence-corrected chi connectivity index (χ4v) is 2.40. The number of alkyl carbamates (subject to hydrolysis) is 1. The molecule has 0 saturated carbocycles. The number of carboxylic acids is 1. The lowest BCUT2D eigenvalue weighted by molar-refractivity contribution is -0.165. The summed E-state index contributed by atoms with van der Waals surface area (Å²) in [5, 5.41) is 11.8. The zero-order valence-corrected chi connectivity index (χ0v) is 16.3. The van der Waals surface area contributed by atoms with Gasteiger partial charge in [0.25, 0.3) is 0 Å². The molecule has 0 fully saturated rings. The van der Waals surface area contributed by atoms with E-state index in [1.54, 1.807) is 51.1 Å². The maximum atomic E-state index is 12.7. The van der Waals surface area contributed by atoms with Crippen LogP contribution < -0.4 is 11.1 Å². The van der Waals surface area contributed by atoms with Crippen LogP contribution in [0.2, 0.25) is 0 Å². The molecule has 0 spiro atoms. The van der Waals surface area contributed by atoms with Crippen LogP contribution in [0.25, 0.3) is 0 Å². The number of aliphatic carboxylic acids is 1. The van der Waals surface area contributed by atoms with Gasteiger partial charge in [-0.2, -0.15) is 0 Å². The van der Waals surface area contributed by atoms with Crippen LogP contribution in [0.15, 0.2) is 30.3 Å². The first-order valence-electron chi connectivity index (χ1n) is 8.36. The van der Waals surface area contributed by atoms with E-state index in [4.69, 9.17) is 26.8 Å². The maximum Gasteiger partial charge on any atom is 0.409 e. The number of hydrogen-bond acceptors (Lipinski definition) is 6. The first-order chi connectivity index (χ1) is 12.5. The van der Waals surface area contributed by atoms with Gasteiger partial charge in [0.1, 0.15) is 5.60 Å². The Kier molecular flexibility index (Phi) is 8.05. The molecular formula is C18H25ClN2O6. The number of esters is 1. The number of alkyl halides is 1. The Labute approximate surface area is 163 Å². The Bertz CT molecular complexity index is 662. The van der Waals surface area contributed by atoms with Crippen molar-refractivity contribution >= 4 is 29.6 Å². The van der Waals surface area contributed by atoms with E-state index < -0.39 is 34.7 Å². The largest absolute Gasteiger partial charge is 0.479 e. The number of benzene rings is 1. The average molecular weight is 401 g/mol. The van der Waals surface area contributed by atoms with E-state index in [1.807, 2.05) is 0 Å². The molecule has 8 nitrogen and oxygen atoms in total. The van der Waals surface area contributed by atoms with Crippen molar-refractivity contribution in [1.82, 2.24) is 5.32 Å². The number of carbonyl (C=O) groups excluding carboxylic acids is 2.